The van der Waals surface area contributed by atoms with Crippen LogP contribution in [0.25, 0.3) is 0 Å². The molecule has 2 aliphatic heterocycles. The molecule has 0 unspecified atom stereocenters. The third-order valence-corrected chi connectivity index (χ3v) is 4.63. The lowest BCUT2D eigenvalue weighted by Crippen LogP contribution is -2.32. The van der Waals surface area contributed by atoms with Crippen molar-refractivity contribution < 1.29 is 9.59 Å². The van der Waals surface area contributed by atoms with Gasteiger partial charge in [0, 0.05) is 29.2 Å². The van der Waals surface area contributed by atoms with Gasteiger partial charge in [-0.15, -0.1) is 0 Å². The van der Waals surface area contributed by atoms with Crippen LogP contribution in [-0.2, 0) is 17.6 Å². The number of rotatable bonds is 2. The molecule has 0 aliphatic carbocycles. The van der Waals surface area contributed by atoms with E-state index >= 15 is 0 Å². The lowest BCUT2D eigenvalue weighted by atomic mass is 9.98. The van der Waals surface area contributed by atoms with Crippen molar-refractivity contribution in [2.45, 2.75) is 19.3 Å². The summed E-state index contributed by atoms with van der Waals surface area (Å²) in [5.74, 6) is 0.0216. The van der Waals surface area contributed by atoms with Crippen LogP contribution < -0.4 is 10.2 Å². The second-order valence-electron chi connectivity index (χ2n) is 5.90. The lowest BCUT2D eigenvalue weighted by Gasteiger charge is -2.25. The van der Waals surface area contributed by atoms with Gasteiger partial charge in [-0.25, -0.2) is 0 Å². The van der Waals surface area contributed by atoms with Crippen molar-refractivity contribution >= 4 is 34.8 Å². The largest absolute Gasteiger partial charge is 0.322 e. The van der Waals surface area contributed by atoms with Gasteiger partial charge in [-0.2, -0.15) is 0 Å². The highest BCUT2D eigenvalue weighted by molar-refractivity contribution is 6.31. The predicted octanol–water partition coefficient (Wildman–Crippen LogP) is 3.43. The molecule has 5 heteroatoms. The van der Waals surface area contributed by atoms with Crippen molar-refractivity contribution in [1.29, 1.82) is 0 Å². The van der Waals surface area contributed by atoms with Crippen LogP contribution in [0.2, 0.25) is 5.02 Å². The van der Waals surface area contributed by atoms with Crippen molar-refractivity contribution in [1.82, 2.24) is 0 Å². The number of carbonyl (C=O) groups excluding carboxylic acids is 2. The van der Waals surface area contributed by atoms with Gasteiger partial charge >= 0.3 is 0 Å². The summed E-state index contributed by atoms with van der Waals surface area (Å²) in [4.78, 5) is 26.2. The molecular weight excluding hydrogens is 312 g/mol. The van der Waals surface area contributed by atoms with Gasteiger partial charge in [-0.05, 0) is 54.3 Å². The van der Waals surface area contributed by atoms with Crippen molar-refractivity contribution in [2.75, 3.05) is 16.8 Å². The Morgan fingerprint density at radius 1 is 1.09 bits per heavy atom. The normalized spacial score (nSPS) is 15.5. The van der Waals surface area contributed by atoms with Gasteiger partial charge in [0.05, 0.1) is 5.69 Å². The van der Waals surface area contributed by atoms with Crippen molar-refractivity contribution in [3.8, 4) is 0 Å². The first-order chi connectivity index (χ1) is 11.1. The zero-order valence-electron chi connectivity index (χ0n) is 12.4. The molecule has 2 aromatic rings. The van der Waals surface area contributed by atoms with E-state index in [0.717, 1.165) is 41.9 Å². The van der Waals surface area contributed by atoms with E-state index < -0.39 is 0 Å². The molecule has 2 aliphatic rings. The van der Waals surface area contributed by atoms with Crippen LogP contribution in [0.3, 0.4) is 0 Å². The standard InChI is InChI=1S/C18H15ClN2O2/c19-14-3-1-2-13(8-14)18(23)20-15-9-11-4-5-16(22)21-7-6-12(10-15)17(11)21/h1-3,8-10H,4-7H2,(H,20,23). The maximum atomic E-state index is 12.4. The van der Waals surface area contributed by atoms with E-state index in [-0.39, 0.29) is 11.8 Å². The Balaban J connectivity index is 1.64. The first-order valence-corrected chi connectivity index (χ1v) is 8.03. The summed E-state index contributed by atoms with van der Waals surface area (Å²) < 4.78 is 0. The highest BCUT2D eigenvalue weighted by Crippen LogP contribution is 2.38. The van der Waals surface area contributed by atoms with Gasteiger partial charge in [-0.3, -0.25) is 9.59 Å². The molecule has 0 aromatic heterocycles. The molecule has 0 radical (unpaired) electrons. The predicted molar refractivity (Wildman–Crippen MR) is 90.2 cm³/mol. The number of nitrogens with one attached hydrogen (secondary N) is 1. The van der Waals surface area contributed by atoms with Crippen molar-refractivity contribution in [2.24, 2.45) is 0 Å². The summed E-state index contributed by atoms with van der Waals surface area (Å²) in [6.07, 6.45) is 2.12. The third kappa shape index (κ3) is 2.49. The lowest BCUT2D eigenvalue weighted by molar-refractivity contribution is -0.118. The number of hydrogen-bond acceptors (Lipinski definition) is 2. The average molecular weight is 327 g/mol. The monoisotopic (exact) mass is 326 g/mol. The Morgan fingerprint density at radius 2 is 1.87 bits per heavy atom. The van der Waals surface area contributed by atoms with E-state index in [1.54, 1.807) is 24.3 Å². The summed E-state index contributed by atoms with van der Waals surface area (Å²) in [5, 5.41) is 3.48. The molecule has 4 nitrogen and oxygen atoms in total. The zero-order chi connectivity index (χ0) is 16.0. The Kier molecular flexibility index (Phi) is 3.34. The minimum Gasteiger partial charge on any atom is -0.322 e. The Bertz CT molecular complexity index is 832. The molecule has 116 valence electrons. The summed E-state index contributed by atoms with van der Waals surface area (Å²) in [6.45, 7) is 0.743. The van der Waals surface area contributed by atoms with Gasteiger partial charge in [0.1, 0.15) is 0 Å². The topological polar surface area (TPSA) is 49.4 Å². The summed E-state index contributed by atoms with van der Waals surface area (Å²) >= 11 is 5.94. The number of carbonyl (C=O) groups is 2. The zero-order valence-corrected chi connectivity index (χ0v) is 13.2. The molecule has 1 N–H and O–H groups in total. The molecule has 2 amide bonds. The van der Waals surface area contributed by atoms with Gasteiger partial charge in [0.25, 0.3) is 5.91 Å². The maximum absolute atomic E-state index is 12.4. The number of benzene rings is 2. The first kappa shape index (κ1) is 14.3. The summed E-state index contributed by atoms with van der Waals surface area (Å²) in [5.41, 5.74) is 4.64. The molecule has 0 saturated carbocycles. The Labute approximate surface area is 139 Å². The van der Waals surface area contributed by atoms with E-state index in [1.165, 1.54) is 0 Å². The molecule has 4 rings (SSSR count). The molecular formula is C18H15ClN2O2. The van der Waals surface area contributed by atoms with E-state index in [0.29, 0.717) is 17.0 Å². The van der Waals surface area contributed by atoms with Gasteiger partial charge < -0.3 is 10.2 Å². The highest BCUT2D eigenvalue weighted by atomic mass is 35.5. The molecule has 0 atom stereocenters. The van der Waals surface area contributed by atoms with Crippen molar-refractivity contribution in [3.63, 3.8) is 0 Å². The highest BCUT2D eigenvalue weighted by Gasteiger charge is 2.31. The fourth-order valence-corrected chi connectivity index (χ4v) is 3.55. The number of aryl methyl sites for hydroxylation is 1. The molecule has 23 heavy (non-hydrogen) atoms. The van der Waals surface area contributed by atoms with Gasteiger partial charge in [0.15, 0.2) is 0 Å². The second kappa shape index (κ2) is 5.39. The minimum absolute atomic E-state index is 0.179. The molecule has 0 fully saturated rings. The fraction of sp³-hybridized carbons (Fsp3) is 0.222. The molecule has 0 spiro atoms. The third-order valence-electron chi connectivity index (χ3n) is 4.40. The number of nitrogens with zero attached hydrogens (tertiary/aromatic N) is 1. The smallest absolute Gasteiger partial charge is 0.255 e. The van der Waals surface area contributed by atoms with Crippen LogP contribution in [0.15, 0.2) is 36.4 Å². The Morgan fingerprint density at radius 3 is 2.65 bits per heavy atom. The Hall–Kier alpha value is -2.33. The summed E-state index contributed by atoms with van der Waals surface area (Å²) in [6, 6.07) is 10.8. The van der Waals surface area contributed by atoms with Crippen LogP contribution in [0.4, 0.5) is 11.4 Å². The van der Waals surface area contributed by atoms with E-state index in [2.05, 4.69) is 5.32 Å². The van der Waals surface area contributed by atoms with Crippen LogP contribution in [0.5, 0.6) is 0 Å². The average Bonchev–Trinajstić information content (AvgIpc) is 2.96. The first-order valence-electron chi connectivity index (χ1n) is 7.65. The minimum atomic E-state index is -0.179. The molecule has 2 heterocycles. The van der Waals surface area contributed by atoms with E-state index in [9.17, 15) is 9.59 Å². The second-order valence-corrected chi connectivity index (χ2v) is 6.34. The van der Waals surface area contributed by atoms with E-state index in [4.69, 9.17) is 11.6 Å². The van der Waals surface area contributed by atoms with Crippen LogP contribution in [-0.4, -0.2) is 18.4 Å². The maximum Gasteiger partial charge on any atom is 0.255 e. The van der Waals surface area contributed by atoms with Crippen molar-refractivity contribution in [3.05, 3.63) is 58.1 Å². The molecule has 2 aromatic carbocycles. The molecule has 0 saturated heterocycles. The van der Waals surface area contributed by atoms with Gasteiger partial charge in [0.2, 0.25) is 5.91 Å². The van der Waals surface area contributed by atoms with Crippen LogP contribution in [0.1, 0.15) is 27.9 Å². The molecule has 0 bridgehead atoms. The fourth-order valence-electron chi connectivity index (χ4n) is 3.36. The number of halogens is 1. The SMILES string of the molecule is O=C(Nc1cc2c3c(c1)CCN3C(=O)CC2)c1cccc(Cl)c1. The number of amides is 2. The number of hydrogen-bond donors (Lipinski definition) is 1. The van der Waals surface area contributed by atoms with Crippen LogP contribution in [0, 0.1) is 0 Å². The number of anilines is 2. The van der Waals surface area contributed by atoms with E-state index in [1.807, 2.05) is 17.0 Å². The van der Waals surface area contributed by atoms with Crippen LogP contribution >= 0.6 is 11.6 Å². The summed E-state index contributed by atoms with van der Waals surface area (Å²) in [7, 11) is 0. The quantitative estimate of drug-likeness (QED) is 0.919. The van der Waals surface area contributed by atoms with Gasteiger partial charge in [-0.1, -0.05) is 17.7 Å².